The van der Waals surface area contributed by atoms with Crippen LogP contribution < -0.4 is 11.1 Å². The van der Waals surface area contributed by atoms with E-state index < -0.39 is 0 Å². The number of ether oxygens (including phenoxy) is 1. The fourth-order valence-electron chi connectivity index (χ4n) is 1.68. The molecule has 112 valence electrons. The van der Waals surface area contributed by atoms with Crippen LogP contribution in [0.25, 0.3) is 0 Å². The molecule has 0 fully saturated rings. The average molecular weight is 301 g/mol. The van der Waals surface area contributed by atoms with Crippen LogP contribution in [0.2, 0.25) is 0 Å². The molecule has 0 heterocycles. The van der Waals surface area contributed by atoms with E-state index in [-0.39, 0.29) is 49.2 Å². The Labute approximate surface area is 125 Å². The number of carbonyl (C=O) groups is 2. The van der Waals surface area contributed by atoms with Crippen molar-refractivity contribution >= 4 is 24.3 Å². The first-order valence-electron chi connectivity index (χ1n) is 6.21. The summed E-state index contributed by atoms with van der Waals surface area (Å²) >= 11 is 0. The lowest BCUT2D eigenvalue weighted by Crippen LogP contribution is -2.36. The molecule has 3 N–H and O–H groups in total. The monoisotopic (exact) mass is 300 g/mol. The summed E-state index contributed by atoms with van der Waals surface area (Å²) in [5.41, 5.74) is 6.96. The fourth-order valence-corrected chi connectivity index (χ4v) is 1.68. The highest BCUT2D eigenvalue weighted by Gasteiger charge is 2.21. The number of benzene rings is 1. The third-order valence-corrected chi connectivity index (χ3v) is 2.99. The molecule has 1 rings (SSSR count). The van der Waals surface area contributed by atoms with Gasteiger partial charge >= 0.3 is 5.97 Å². The van der Waals surface area contributed by atoms with Gasteiger partial charge in [0.1, 0.15) is 0 Å². The highest BCUT2D eigenvalue weighted by Crippen LogP contribution is 2.18. The maximum absolute atomic E-state index is 11.9. The first kappa shape index (κ1) is 18.4. The number of amides is 1. The zero-order valence-corrected chi connectivity index (χ0v) is 12.5. The van der Waals surface area contributed by atoms with E-state index in [1.54, 1.807) is 6.92 Å². The fraction of sp³-hybridized carbons (Fsp3) is 0.429. The summed E-state index contributed by atoms with van der Waals surface area (Å²) in [7, 11) is 1.32. The van der Waals surface area contributed by atoms with Crippen LogP contribution in [-0.4, -0.2) is 25.5 Å². The van der Waals surface area contributed by atoms with Gasteiger partial charge in [0, 0.05) is 12.6 Å². The topological polar surface area (TPSA) is 81.4 Å². The second-order valence-electron chi connectivity index (χ2n) is 4.34. The molecule has 0 bridgehead atoms. The minimum atomic E-state index is -0.362. The average Bonchev–Trinajstić information content (AvgIpc) is 2.46. The molecule has 0 aromatic heterocycles. The van der Waals surface area contributed by atoms with Gasteiger partial charge in [0.05, 0.1) is 19.4 Å². The molecular weight excluding hydrogens is 280 g/mol. The summed E-state index contributed by atoms with van der Waals surface area (Å²) in [5, 5.41) is 2.68. The lowest BCUT2D eigenvalue weighted by molar-refractivity contribution is -0.140. The van der Waals surface area contributed by atoms with Crippen molar-refractivity contribution in [3.8, 4) is 0 Å². The van der Waals surface area contributed by atoms with Crippen LogP contribution in [0.1, 0.15) is 24.9 Å². The summed E-state index contributed by atoms with van der Waals surface area (Å²) in [5.74, 6) is -0.874. The van der Waals surface area contributed by atoms with Gasteiger partial charge in [-0.25, -0.2) is 0 Å². The van der Waals surface area contributed by atoms with Gasteiger partial charge in [-0.15, -0.1) is 12.4 Å². The number of hydrogen-bond acceptors (Lipinski definition) is 4. The highest BCUT2D eigenvalue weighted by atomic mass is 35.5. The van der Waals surface area contributed by atoms with E-state index in [1.165, 1.54) is 7.11 Å². The molecule has 0 aliphatic carbocycles. The Morgan fingerprint density at radius 1 is 1.30 bits per heavy atom. The third-order valence-electron chi connectivity index (χ3n) is 2.99. The number of rotatable bonds is 6. The van der Waals surface area contributed by atoms with E-state index in [0.717, 1.165) is 5.56 Å². The van der Waals surface area contributed by atoms with E-state index in [0.29, 0.717) is 0 Å². The van der Waals surface area contributed by atoms with E-state index in [4.69, 9.17) is 5.73 Å². The summed E-state index contributed by atoms with van der Waals surface area (Å²) in [6, 6.07) is 9.09. The summed E-state index contributed by atoms with van der Waals surface area (Å²) in [6.07, 6.45) is 0.162. The number of nitrogens with one attached hydrogen (secondary N) is 1. The standard InChI is InChI=1S/C14H20N2O3.ClH/c1-10(13(15)11-6-4-3-5-7-11)14(18)16-9-8-12(17)19-2;/h3-7,10,13H,8-9,15H2,1-2H3,(H,16,18);1H. The molecule has 20 heavy (non-hydrogen) atoms. The van der Waals surface area contributed by atoms with Crippen LogP contribution in [0, 0.1) is 5.92 Å². The molecular formula is C14H21ClN2O3. The van der Waals surface area contributed by atoms with Crippen LogP contribution in [0.5, 0.6) is 0 Å². The quantitative estimate of drug-likeness (QED) is 0.779. The molecule has 1 amide bonds. The predicted molar refractivity (Wildman–Crippen MR) is 79.4 cm³/mol. The van der Waals surface area contributed by atoms with Crippen LogP contribution in [-0.2, 0) is 14.3 Å². The Bertz CT molecular complexity index is 426. The van der Waals surface area contributed by atoms with Gasteiger partial charge in [-0.3, -0.25) is 9.59 Å². The van der Waals surface area contributed by atoms with Crippen LogP contribution >= 0.6 is 12.4 Å². The molecule has 1 aromatic carbocycles. The van der Waals surface area contributed by atoms with Gasteiger partial charge in [0.2, 0.25) is 5.91 Å². The van der Waals surface area contributed by atoms with E-state index in [1.807, 2.05) is 30.3 Å². The minimum absolute atomic E-state index is 0. The number of nitrogens with two attached hydrogens (primary N) is 1. The van der Waals surface area contributed by atoms with Crippen molar-refractivity contribution in [1.29, 1.82) is 0 Å². The molecule has 6 heteroatoms. The Kier molecular flexibility index (Phi) is 8.59. The Morgan fingerprint density at radius 2 is 1.90 bits per heavy atom. The van der Waals surface area contributed by atoms with Gasteiger partial charge < -0.3 is 15.8 Å². The maximum atomic E-state index is 11.9. The van der Waals surface area contributed by atoms with Crippen LogP contribution in [0.4, 0.5) is 0 Å². The van der Waals surface area contributed by atoms with Crippen molar-refractivity contribution in [3.05, 3.63) is 35.9 Å². The van der Waals surface area contributed by atoms with Crippen LogP contribution in [0.3, 0.4) is 0 Å². The van der Waals surface area contributed by atoms with Crippen molar-refractivity contribution in [3.63, 3.8) is 0 Å². The first-order chi connectivity index (χ1) is 9.06. The second kappa shape index (κ2) is 9.34. The molecule has 2 unspecified atom stereocenters. The van der Waals surface area contributed by atoms with E-state index in [9.17, 15) is 9.59 Å². The minimum Gasteiger partial charge on any atom is -0.469 e. The van der Waals surface area contributed by atoms with E-state index in [2.05, 4.69) is 10.1 Å². The lowest BCUT2D eigenvalue weighted by atomic mass is 9.95. The number of methoxy groups -OCH3 is 1. The molecule has 2 atom stereocenters. The SMILES string of the molecule is COC(=O)CCNC(=O)C(C)C(N)c1ccccc1.Cl. The lowest BCUT2D eigenvalue weighted by Gasteiger charge is -2.19. The van der Waals surface area contributed by atoms with Gasteiger partial charge in [0.25, 0.3) is 0 Å². The van der Waals surface area contributed by atoms with E-state index >= 15 is 0 Å². The number of halogens is 1. The third kappa shape index (κ3) is 5.59. The van der Waals surface area contributed by atoms with Crippen LogP contribution in [0.15, 0.2) is 30.3 Å². The molecule has 0 radical (unpaired) electrons. The Morgan fingerprint density at radius 3 is 2.45 bits per heavy atom. The normalized spacial score (nSPS) is 12.8. The molecule has 0 spiro atoms. The van der Waals surface area contributed by atoms with Gasteiger partial charge in [-0.1, -0.05) is 37.3 Å². The molecule has 5 nitrogen and oxygen atoms in total. The Hall–Kier alpha value is -1.59. The van der Waals surface area contributed by atoms with Gasteiger partial charge in [-0.2, -0.15) is 0 Å². The van der Waals surface area contributed by atoms with Crippen molar-refractivity contribution in [2.45, 2.75) is 19.4 Å². The van der Waals surface area contributed by atoms with Crippen molar-refractivity contribution < 1.29 is 14.3 Å². The highest BCUT2D eigenvalue weighted by molar-refractivity contribution is 5.85. The zero-order chi connectivity index (χ0) is 14.3. The van der Waals surface area contributed by atoms with Gasteiger partial charge in [0.15, 0.2) is 0 Å². The van der Waals surface area contributed by atoms with Gasteiger partial charge in [-0.05, 0) is 5.56 Å². The first-order valence-corrected chi connectivity index (χ1v) is 6.21. The molecule has 0 aliphatic heterocycles. The predicted octanol–water partition coefficient (Wildman–Crippen LogP) is 1.42. The summed E-state index contributed by atoms with van der Waals surface area (Å²) < 4.78 is 4.49. The number of esters is 1. The van der Waals surface area contributed by atoms with Crippen molar-refractivity contribution in [1.82, 2.24) is 5.32 Å². The molecule has 0 saturated heterocycles. The smallest absolute Gasteiger partial charge is 0.307 e. The number of hydrogen-bond donors (Lipinski definition) is 2. The molecule has 1 aromatic rings. The van der Waals surface area contributed by atoms with Crippen molar-refractivity contribution in [2.24, 2.45) is 11.7 Å². The maximum Gasteiger partial charge on any atom is 0.307 e. The molecule has 0 aliphatic rings. The summed E-state index contributed by atoms with van der Waals surface area (Å²) in [4.78, 5) is 22.8. The second-order valence-corrected chi connectivity index (χ2v) is 4.34. The largest absolute Gasteiger partial charge is 0.469 e. The van der Waals surface area contributed by atoms with Crippen molar-refractivity contribution in [2.75, 3.05) is 13.7 Å². The number of carbonyl (C=O) groups excluding carboxylic acids is 2. The zero-order valence-electron chi connectivity index (χ0n) is 11.7. The Balaban J connectivity index is 0.00000361. The summed E-state index contributed by atoms with van der Waals surface area (Å²) in [6.45, 7) is 2.03. The molecule has 0 saturated carbocycles.